The molecule has 7 nitrogen and oxygen atoms in total. The molecule has 2 heterocycles. The van der Waals surface area contributed by atoms with Gasteiger partial charge in [0.1, 0.15) is 0 Å². The van der Waals surface area contributed by atoms with Crippen molar-refractivity contribution in [1.82, 2.24) is 25.3 Å². The first-order chi connectivity index (χ1) is 13.0. The highest BCUT2D eigenvalue weighted by Gasteiger charge is 2.36. The second-order valence-corrected chi connectivity index (χ2v) is 7.31. The number of amides is 1. The molecule has 0 saturated heterocycles. The van der Waals surface area contributed by atoms with E-state index in [2.05, 4.69) is 20.6 Å². The Balaban J connectivity index is 1.60. The zero-order valence-electron chi connectivity index (χ0n) is 15.4. The van der Waals surface area contributed by atoms with Crippen molar-refractivity contribution in [2.45, 2.75) is 31.9 Å². The molecule has 7 heteroatoms. The highest BCUT2D eigenvalue weighted by Crippen LogP contribution is 2.38. The van der Waals surface area contributed by atoms with Crippen LogP contribution >= 0.6 is 0 Å². The molecule has 0 spiro atoms. The van der Waals surface area contributed by atoms with Gasteiger partial charge in [-0.3, -0.25) is 14.6 Å². The number of benzene rings is 1. The Hall–Kier alpha value is -2.93. The number of nitrogens with one attached hydrogen (secondary N) is 2. The maximum Gasteiger partial charge on any atom is 0.255 e. The summed E-state index contributed by atoms with van der Waals surface area (Å²) in [5.41, 5.74) is 4.20. The molecular weight excluding hydrogens is 342 g/mol. The van der Waals surface area contributed by atoms with E-state index in [-0.39, 0.29) is 24.0 Å². The van der Waals surface area contributed by atoms with Crippen molar-refractivity contribution in [2.75, 3.05) is 0 Å². The Labute approximate surface area is 157 Å². The number of aromatic nitrogens is 4. The highest BCUT2D eigenvalue weighted by atomic mass is 16.3. The molecule has 1 amide bonds. The van der Waals surface area contributed by atoms with Gasteiger partial charge in [-0.1, -0.05) is 23.8 Å². The number of aryl methyl sites for hydroxylation is 2. The first-order valence-electron chi connectivity index (χ1n) is 9.09. The first-order valence-corrected chi connectivity index (χ1v) is 9.09. The molecule has 0 unspecified atom stereocenters. The van der Waals surface area contributed by atoms with Crippen LogP contribution < -0.4 is 5.32 Å². The van der Waals surface area contributed by atoms with Crippen LogP contribution in [0.1, 0.15) is 40.4 Å². The lowest BCUT2D eigenvalue weighted by molar-refractivity contribution is 0.0235. The molecule has 2 aromatic heterocycles. The summed E-state index contributed by atoms with van der Waals surface area (Å²) in [5, 5.41) is 24.1. The zero-order valence-corrected chi connectivity index (χ0v) is 15.4. The van der Waals surface area contributed by atoms with Gasteiger partial charge in [0.05, 0.1) is 35.8 Å². The van der Waals surface area contributed by atoms with E-state index in [1.807, 2.05) is 44.4 Å². The number of hydrogen-bond donors (Lipinski definition) is 3. The molecule has 0 aliphatic heterocycles. The number of aliphatic hydroxyl groups is 1. The number of carbonyl (C=O) groups is 1. The van der Waals surface area contributed by atoms with Gasteiger partial charge in [0, 0.05) is 24.4 Å². The molecule has 0 radical (unpaired) electrons. The number of hydrogen-bond acceptors (Lipinski definition) is 4. The summed E-state index contributed by atoms with van der Waals surface area (Å²) in [5.74, 6) is 0.0120. The monoisotopic (exact) mass is 365 g/mol. The molecular formula is C20H23N5O2. The smallest absolute Gasteiger partial charge is 0.255 e. The summed E-state index contributed by atoms with van der Waals surface area (Å²) in [7, 11) is 1.85. The maximum absolute atomic E-state index is 13.0. The average molecular weight is 365 g/mol. The zero-order chi connectivity index (χ0) is 19.0. The molecule has 1 atom stereocenters. The summed E-state index contributed by atoms with van der Waals surface area (Å²) in [6.07, 6.45) is 6.30. The molecule has 1 saturated carbocycles. The van der Waals surface area contributed by atoms with Crippen molar-refractivity contribution in [3.63, 3.8) is 0 Å². The fourth-order valence-corrected chi connectivity index (χ4v) is 3.67. The predicted octanol–water partition coefficient (Wildman–Crippen LogP) is 2.36. The Kier molecular flexibility index (Phi) is 4.53. The van der Waals surface area contributed by atoms with E-state index in [0.29, 0.717) is 24.1 Å². The summed E-state index contributed by atoms with van der Waals surface area (Å²) in [6.45, 7) is 2.01. The number of carbonyl (C=O) groups excluding carboxylic acids is 1. The van der Waals surface area contributed by atoms with Crippen molar-refractivity contribution in [1.29, 1.82) is 0 Å². The van der Waals surface area contributed by atoms with Crippen LogP contribution in [0.4, 0.5) is 0 Å². The molecule has 4 rings (SSSR count). The summed E-state index contributed by atoms with van der Waals surface area (Å²) in [6, 6.07) is 7.76. The van der Waals surface area contributed by atoms with Crippen LogP contribution in [0.3, 0.4) is 0 Å². The van der Waals surface area contributed by atoms with E-state index in [9.17, 15) is 9.90 Å². The van der Waals surface area contributed by atoms with E-state index in [0.717, 1.165) is 16.7 Å². The first kappa shape index (κ1) is 17.5. The molecule has 3 aromatic rings. The number of aromatic amines is 1. The van der Waals surface area contributed by atoms with Gasteiger partial charge in [0.2, 0.25) is 0 Å². The van der Waals surface area contributed by atoms with Crippen LogP contribution in [0, 0.1) is 12.8 Å². The summed E-state index contributed by atoms with van der Waals surface area (Å²) < 4.78 is 1.72. The van der Waals surface area contributed by atoms with E-state index < -0.39 is 0 Å². The normalized spacial score (nSPS) is 20.1. The highest BCUT2D eigenvalue weighted by molar-refractivity contribution is 6.00. The largest absolute Gasteiger partial charge is 0.393 e. The molecule has 1 aliphatic rings. The Morgan fingerprint density at radius 2 is 2.19 bits per heavy atom. The Bertz CT molecular complexity index is 955. The SMILES string of the molecule is Cc1cccc(-c2[nH]ncc2C(=O)N[C@H](c2cnn(C)c2)C2CC(O)C2)c1. The third kappa shape index (κ3) is 3.50. The minimum absolute atomic E-state index is 0.185. The van der Waals surface area contributed by atoms with Gasteiger partial charge in [-0.15, -0.1) is 0 Å². The molecule has 3 N–H and O–H groups in total. The molecule has 1 fully saturated rings. The quantitative estimate of drug-likeness (QED) is 0.647. The van der Waals surface area contributed by atoms with Gasteiger partial charge in [-0.25, -0.2) is 0 Å². The van der Waals surface area contributed by atoms with Gasteiger partial charge in [0.25, 0.3) is 5.91 Å². The van der Waals surface area contributed by atoms with Crippen molar-refractivity contribution in [3.05, 3.63) is 59.5 Å². The summed E-state index contributed by atoms with van der Waals surface area (Å²) in [4.78, 5) is 13.0. The van der Waals surface area contributed by atoms with E-state index >= 15 is 0 Å². The lowest BCUT2D eigenvalue weighted by atomic mass is 9.75. The number of rotatable bonds is 5. The number of nitrogens with zero attached hydrogens (tertiary/aromatic N) is 3. The fourth-order valence-electron chi connectivity index (χ4n) is 3.67. The summed E-state index contributed by atoms with van der Waals surface area (Å²) >= 11 is 0. The molecule has 0 bridgehead atoms. The van der Waals surface area contributed by atoms with Gasteiger partial charge in [-0.2, -0.15) is 10.2 Å². The van der Waals surface area contributed by atoms with Crippen molar-refractivity contribution in [3.8, 4) is 11.3 Å². The fraction of sp³-hybridized carbons (Fsp3) is 0.350. The third-order valence-corrected chi connectivity index (χ3v) is 5.18. The van der Waals surface area contributed by atoms with Crippen LogP contribution in [-0.4, -0.2) is 37.1 Å². The van der Waals surface area contributed by atoms with E-state index in [1.165, 1.54) is 0 Å². The number of aliphatic hydroxyl groups excluding tert-OH is 1. The maximum atomic E-state index is 13.0. The molecule has 1 aromatic carbocycles. The predicted molar refractivity (Wildman–Crippen MR) is 101 cm³/mol. The Morgan fingerprint density at radius 1 is 1.37 bits per heavy atom. The van der Waals surface area contributed by atoms with Gasteiger partial charge >= 0.3 is 0 Å². The van der Waals surface area contributed by atoms with Crippen molar-refractivity contribution < 1.29 is 9.90 Å². The van der Waals surface area contributed by atoms with Crippen molar-refractivity contribution >= 4 is 5.91 Å². The van der Waals surface area contributed by atoms with Crippen LogP contribution in [0.5, 0.6) is 0 Å². The van der Waals surface area contributed by atoms with Gasteiger partial charge < -0.3 is 10.4 Å². The topological polar surface area (TPSA) is 95.8 Å². The van der Waals surface area contributed by atoms with Crippen LogP contribution in [0.25, 0.3) is 11.3 Å². The Morgan fingerprint density at radius 3 is 2.85 bits per heavy atom. The van der Waals surface area contributed by atoms with E-state index in [1.54, 1.807) is 17.1 Å². The minimum atomic E-state index is -0.289. The average Bonchev–Trinajstić information content (AvgIpc) is 3.26. The van der Waals surface area contributed by atoms with Gasteiger partial charge in [0.15, 0.2) is 0 Å². The molecule has 1 aliphatic carbocycles. The van der Waals surface area contributed by atoms with Crippen LogP contribution in [0.2, 0.25) is 0 Å². The molecule has 27 heavy (non-hydrogen) atoms. The lowest BCUT2D eigenvalue weighted by Crippen LogP contribution is -2.41. The van der Waals surface area contributed by atoms with Crippen LogP contribution in [0.15, 0.2) is 42.9 Å². The lowest BCUT2D eigenvalue weighted by Gasteiger charge is -2.37. The minimum Gasteiger partial charge on any atom is -0.393 e. The molecule has 140 valence electrons. The van der Waals surface area contributed by atoms with E-state index in [4.69, 9.17) is 0 Å². The number of H-pyrrole nitrogens is 1. The third-order valence-electron chi connectivity index (χ3n) is 5.18. The second-order valence-electron chi connectivity index (χ2n) is 7.31. The second kappa shape index (κ2) is 7.00. The standard InChI is InChI=1S/C20H23N5O2/c1-12-4-3-5-13(6-12)19-17(10-21-24-19)20(27)23-18(14-7-16(26)8-14)15-9-22-25(2)11-15/h3-6,9-11,14,16,18,26H,7-8H2,1-2H3,(H,21,24)(H,23,27)/t14?,16?,18-/m0/s1. The van der Waals surface area contributed by atoms with Crippen molar-refractivity contribution in [2.24, 2.45) is 13.0 Å². The van der Waals surface area contributed by atoms with Crippen LogP contribution in [-0.2, 0) is 7.05 Å². The van der Waals surface area contributed by atoms with Gasteiger partial charge in [-0.05, 0) is 31.7 Å².